The number of hydrogen-bond acceptors (Lipinski definition) is 3. The summed E-state index contributed by atoms with van der Waals surface area (Å²) in [7, 11) is 0. The highest BCUT2D eigenvalue weighted by Crippen LogP contribution is 2.20. The maximum Gasteiger partial charge on any atom is 0.133 e. The summed E-state index contributed by atoms with van der Waals surface area (Å²) in [6.07, 6.45) is 1.71. The predicted molar refractivity (Wildman–Crippen MR) is 68.8 cm³/mol. The van der Waals surface area contributed by atoms with Crippen LogP contribution in [0.4, 0.5) is 0 Å². The zero-order chi connectivity index (χ0) is 11.4. The van der Waals surface area contributed by atoms with Gasteiger partial charge in [0.25, 0.3) is 0 Å². The Balaban J connectivity index is 1.98. The van der Waals surface area contributed by atoms with E-state index in [9.17, 15) is 0 Å². The molecule has 0 spiro atoms. The van der Waals surface area contributed by atoms with Crippen LogP contribution in [0.3, 0.4) is 0 Å². The SMILES string of the molecule is CC(NCc1ccsc1)c1cccnc1Cl. The summed E-state index contributed by atoms with van der Waals surface area (Å²) in [5.74, 6) is 0. The van der Waals surface area contributed by atoms with E-state index in [0.29, 0.717) is 5.15 Å². The molecular formula is C12H13ClN2S. The molecule has 0 aliphatic heterocycles. The van der Waals surface area contributed by atoms with Crippen LogP contribution >= 0.6 is 22.9 Å². The summed E-state index contributed by atoms with van der Waals surface area (Å²) in [4.78, 5) is 4.07. The van der Waals surface area contributed by atoms with Crippen molar-refractivity contribution >= 4 is 22.9 Å². The van der Waals surface area contributed by atoms with Crippen LogP contribution in [0.5, 0.6) is 0 Å². The van der Waals surface area contributed by atoms with E-state index in [4.69, 9.17) is 11.6 Å². The standard InChI is InChI=1S/C12H13ClN2S/c1-9(11-3-2-5-14-12(11)13)15-7-10-4-6-16-8-10/h2-6,8-9,15H,7H2,1H3. The van der Waals surface area contributed by atoms with Gasteiger partial charge in [0.15, 0.2) is 0 Å². The third kappa shape index (κ3) is 2.82. The first-order chi connectivity index (χ1) is 7.77. The number of halogens is 1. The summed E-state index contributed by atoms with van der Waals surface area (Å²) < 4.78 is 0. The highest BCUT2D eigenvalue weighted by molar-refractivity contribution is 7.07. The van der Waals surface area contributed by atoms with Crippen LogP contribution in [0, 0.1) is 0 Å². The summed E-state index contributed by atoms with van der Waals surface area (Å²) >= 11 is 7.74. The molecular weight excluding hydrogens is 240 g/mol. The number of pyridine rings is 1. The van der Waals surface area contributed by atoms with Crippen LogP contribution in [-0.4, -0.2) is 4.98 Å². The van der Waals surface area contributed by atoms with Gasteiger partial charge >= 0.3 is 0 Å². The van der Waals surface area contributed by atoms with Crippen molar-refractivity contribution in [1.82, 2.24) is 10.3 Å². The fourth-order valence-electron chi connectivity index (χ4n) is 1.50. The van der Waals surface area contributed by atoms with E-state index in [1.165, 1.54) is 5.56 Å². The monoisotopic (exact) mass is 252 g/mol. The Morgan fingerprint density at radius 2 is 2.38 bits per heavy atom. The summed E-state index contributed by atoms with van der Waals surface area (Å²) in [6.45, 7) is 2.95. The normalized spacial score (nSPS) is 12.6. The molecule has 2 aromatic heterocycles. The van der Waals surface area contributed by atoms with Crippen LogP contribution in [0.2, 0.25) is 5.15 Å². The third-order valence-corrected chi connectivity index (χ3v) is 3.49. The Morgan fingerprint density at radius 3 is 3.06 bits per heavy atom. The quantitative estimate of drug-likeness (QED) is 0.841. The first-order valence-corrected chi connectivity index (χ1v) is 6.44. The van der Waals surface area contributed by atoms with Crippen LogP contribution < -0.4 is 5.32 Å². The average Bonchev–Trinajstić information content (AvgIpc) is 2.79. The first kappa shape index (κ1) is 11.6. The molecule has 0 saturated heterocycles. The number of hydrogen-bond donors (Lipinski definition) is 1. The molecule has 0 radical (unpaired) electrons. The second kappa shape index (κ2) is 5.43. The van der Waals surface area contributed by atoms with Crippen LogP contribution in [-0.2, 0) is 6.54 Å². The van der Waals surface area contributed by atoms with Gasteiger partial charge in [0.2, 0.25) is 0 Å². The third-order valence-electron chi connectivity index (χ3n) is 2.45. The molecule has 4 heteroatoms. The average molecular weight is 253 g/mol. The number of aromatic nitrogens is 1. The molecule has 0 aromatic carbocycles. The van der Waals surface area contributed by atoms with Gasteiger partial charge in [-0.05, 0) is 35.4 Å². The molecule has 1 atom stereocenters. The maximum atomic E-state index is 6.03. The van der Waals surface area contributed by atoms with Crippen molar-refractivity contribution in [3.05, 3.63) is 51.4 Å². The molecule has 0 aliphatic carbocycles. The minimum atomic E-state index is 0.209. The van der Waals surface area contributed by atoms with Gasteiger partial charge in [-0.2, -0.15) is 11.3 Å². The van der Waals surface area contributed by atoms with E-state index >= 15 is 0 Å². The number of nitrogens with one attached hydrogen (secondary N) is 1. The van der Waals surface area contributed by atoms with E-state index in [2.05, 4.69) is 34.1 Å². The molecule has 0 saturated carbocycles. The number of thiophene rings is 1. The van der Waals surface area contributed by atoms with Crippen molar-refractivity contribution in [3.8, 4) is 0 Å². The Hall–Kier alpha value is -0.900. The molecule has 0 fully saturated rings. The van der Waals surface area contributed by atoms with Gasteiger partial charge in [-0.3, -0.25) is 0 Å². The molecule has 84 valence electrons. The maximum absolute atomic E-state index is 6.03. The Bertz CT molecular complexity index is 442. The largest absolute Gasteiger partial charge is 0.306 e. The van der Waals surface area contributed by atoms with Crippen molar-refractivity contribution in [3.63, 3.8) is 0 Å². The van der Waals surface area contributed by atoms with Crippen molar-refractivity contribution in [2.45, 2.75) is 19.5 Å². The van der Waals surface area contributed by atoms with Crippen molar-refractivity contribution in [2.75, 3.05) is 0 Å². The first-order valence-electron chi connectivity index (χ1n) is 5.12. The zero-order valence-electron chi connectivity index (χ0n) is 8.98. The van der Waals surface area contributed by atoms with E-state index in [-0.39, 0.29) is 6.04 Å². The fourth-order valence-corrected chi connectivity index (χ4v) is 2.45. The van der Waals surface area contributed by atoms with Crippen LogP contribution in [0.15, 0.2) is 35.2 Å². The van der Waals surface area contributed by atoms with Gasteiger partial charge in [-0.15, -0.1) is 0 Å². The predicted octanol–water partition coefficient (Wildman–Crippen LogP) is 3.65. The number of rotatable bonds is 4. The second-order valence-electron chi connectivity index (χ2n) is 3.62. The van der Waals surface area contributed by atoms with Gasteiger partial charge in [-0.1, -0.05) is 17.7 Å². The van der Waals surface area contributed by atoms with E-state index in [1.807, 2.05) is 12.1 Å². The Labute approximate surface area is 104 Å². The van der Waals surface area contributed by atoms with Crippen molar-refractivity contribution in [2.24, 2.45) is 0 Å². The molecule has 2 heterocycles. The lowest BCUT2D eigenvalue weighted by molar-refractivity contribution is 0.574. The zero-order valence-corrected chi connectivity index (χ0v) is 10.6. The topological polar surface area (TPSA) is 24.9 Å². The summed E-state index contributed by atoms with van der Waals surface area (Å²) in [5.41, 5.74) is 2.34. The van der Waals surface area contributed by atoms with E-state index in [0.717, 1.165) is 12.1 Å². The van der Waals surface area contributed by atoms with Gasteiger partial charge in [0, 0.05) is 24.3 Å². The summed E-state index contributed by atoms with van der Waals surface area (Å²) in [6, 6.07) is 6.24. The van der Waals surface area contributed by atoms with E-state index < -0.39 is 0 Å². The lowest BCUT2D eigenvalue weighted by Crippen LogP contribution is -2.18. The molecule has 0 aliphatic rings. The fraction of sp³-hybridized carbons (Fsp3) is 0.250. The molecule has 0 amide bonds. The van der Waals surface area contributed by atoms with Crippen molar-refractivity contribution in [1.29, 1.82) is 0 Å². The molecule has 0 bridgehead atoms. The second-order valence-corrected chi connectivity index (χ2v) is 4.76. The molecule has 1 unspecified atom stereocenters. The number of nitrogens with zero attached hydrogens (tertiary/aromatic N) is 1. The lowest BCUT2D eigenvalue weighted by atomic mass is 10.1. The highest BCUT2D eigenvalue weighted by atomic mass is 35.5. The lowest BCUT2D eigenvalue weighted by Gasteiger charge is -2.14. The van der Waals surface area contributed by atoms with Crippen LogP contribution in [0.1, 0.15) is 24.1 Å². The molecule has 2 nitrogen and oxygen atoms in total. The van der Waals surface area contributed by atoms with E-state index in [1.54, 1.807) is 17.5 Å². The minimum Gasteiger partial charge on any atom is -0.306 e. The van der Waals surface area contributed by atoms with Crippen molar-refractivity contribution < 1.29 is 0 Å². The Morgan fingerprint density at radius 1 is 1.50 bits per heavy atom. The van der Waals surface area contributed by atoms with Gasteiger partial charge in [-0.25, -0.2) is 4.98 Å². The molecule has 2 rings (SSSR count). The summed E-state index contributed by atoms with van der Waals surface area (Å²) in [5, 5.41) is 8.23. The Kier molecular flexibility index (Phi) is 3.93. The smallest absolute Gasteiger partial charge is 0.133 e. The molecule has 16 heavy (non-hydrogen) atoms. The van der Waals surface area contributed by atoms with Gasteiger partial charge in [0.1, 0.15) is 5.15 Å². The molecule has 1 N–H and O–H groups in total. The molecule has 2 aromatic rings. The van der Waals surface area contributed by atoms with Gasteiger partial charge < -0.3 is 5.32 Å². The van der Waals surface area contributed by atoms with Crippen LogP contribution in [0.25, 0.3) is 0 Å². The minimum absolute atomic E-state index is 0.209. The highest BCUT2D eigenvalue weighted by Gasteiger charge is 2.09. The van der Waals surface area contributed by atoms with Gasteiger partial charge in [0.05, 0.1) is 0 Å².